The lowest BCUT2D eigenvalue weighted by Gasteiger charge is -2.09. The Morgan fingerprint density at radius 1 is 0.957 bits per heavy atom. The number of nitrogens with zero attached hydrogens (tertiary/aromatic N) is 1. The molecule has 0 atom stereocenters. The maximum Gasteiger partial charge on any atom is 0.354 e. The quantitative estimate of drug-likeness (QED) is 0.525. The normalized spacial score (nSPS) is 10.1. The first-order valence-corrected chi connectivity index (χ1v) is 6.09. The van der Waals surface area contributed by atoms with E-state index < -0.39 is 40.5 Å². The number of rotatable bonds is 4. The molecule has 9 heteroatoms. The lowest BCUT2D eigenvalue weighted by Crippen LogP contribution is -2.14. The van der Waals surface area contributed by atoms with Crippen molar-refractivity contribution in [3.05, 3.63) is 47.3 Å². The number of anilines is 1. The van der Waals surface area contributed by atoms with Crippen LogP contribution in [-0.4, -0.2) is 43.3 Å². The first-order valence-electron chi connectivity index (χ1n) is 6.09. The fourth-order valence-corrected chi connectivity index (χ4v) is 1.78. The fraction of sp³-hybridized carbons (Fsp3) is 0. The molecule has 0 radical (unpaired) electrons. The third kappa shape index (κ3) is 3.35. The number of hydrogen-bond donors (Lipinski definition) is 5. The minimum atomic E-state index is -1.52. The van der Waals surface area contributed by atoms with Crippen LogP contribution in [0.15, 0.2) is 30.5 Å². The largest absolute Gasteiger partial charge is 0.508 e. The van der Waals surface area contributed by atoms with Crippen molar-refractivity contribution in [2.24, 2.45) is 0 Å². The maximum atomic E-state index is 12.1. The molecule has 0 saturated carbocycles. The van der Waals surface area contributed by atoms with Gasteiger partial charge in [-0.3, -0.25) is 4.79 Å². The van der Waals surface area contributed by atoms with E-state index in [1.807, 2.05) is 0 Å². The molecule has 1 amide bonds. The molecular weight excluding hydrogens is 308 g/mol. The van der Waals surface area contributed by atoms with E-state index in [0.717, 1.165) is 24.4 Å². The molecule has 1 heterocycles. The zero-order chi connectivity index (χ0) is 17.1. The van der Waals surface area contributed by atoms with Gasteiger partial charge in [-0.05, 0) is 24.3 Å². The van der Waals surface area contributed by atoms with Crippen molar-refractivity contribution in [3.63, 3.8) is 0 Å². The van der Waals surface area contributed by atoms with Crippen LogP contribution in [0.2, 0.25) is 0 Å². The molecule has 23 heavy (non-hydrogen) atoms. The van der Waals surface area contributed by atoms with Crippen LogP contribution in [0.1, 0.15) is 31.2 Å². The molecule has 118 valence electrons. The highest BCUT2D eigenvalue weighted by atomic mass is 16.4. The molecule has 2 rings (SSSR count). The Hall–Kier alpha value is -3.62. The number of benzene rings is 1. The van der Waals surface area contributed by atoms with Crippen molar-refractivity contribution in [1.82, 2.24) is 4.98 Å². The SMILES string of the molecule is O=C(O)c1cc(NC(=O)c2cc(O)cc(C(=O)O)c2O)ccn1. The first kappa shape index (κ1) is 15.8. The summed E-state index contributed by atoms with van der Waals surface area (Å²) in [5, 5.41) is 39.3. The van der Waals surface area contributed by atoms with Gasteiger partial charge in [0.25, 0.3) is 5.91 Å². The lowest BCUT2D eigenvalue weighted by molar-refractivity contribution is 0.0680. The summed E-state index contributed by atoms with van der Waals surface area (Å²) in [6.45, 7) is 0. The molecule has 0 aliphatic rings. The Bertz CT molecular complexity index is 817. The lowest BCUT2D eigenvalue weighted by atomic mass is 10.1. The van der Waals surface area contributed by atoms with E-state index in [1.54, 1.807) is 0 Å². The molecule has 0 unspecified atom stereocenters. The second-order valence-corrected chi connectivity index (χ2v) is 4.38. The van der Waals surface area contributed by atoms with E-state index in [-0.39, 0.29) is 11.4 Å². The number of phenols is 2. The van der Waals surface area contributed by atoms with Gasteiger partial charge in [-0.2, -0.15) is 0 Å². The van der Waals surface area contributed by atoms with Crippen molar-refractivity contribution in [2.75, 3.05) is 5.32 Å². The number of carboxylic acid groups (broad SMARTS) is 2. The molecule has 0 spiro atoms. The minimum absolute atomic E-state index is 0.0713. The third-order valence-electron chi connectivity index (χ3n) is 2.81. The molecule has 2 aromatic rings. The topological polar surface area (TPSA) is 157 Å². The van der Waals surface area contributed by atoms with Gasteiger partial charge >= 0.3 is 11.9 Å². The summed E-state index contributed by atoms with van der Waals surface area (Å²) in [5.74, 6) is -5.09. The molecular formula is C14H10N2O7. The Kier molecular flexibility index (Phi) is 4.12. The summed E-state index contributed by atoms with van der Waals surface area (Å²) in [7, 11) is 0. The summed E-state index contributed by atoms with van der Waals surface area (Å²) in [4.78, 5) is 37.4. The van der Waals surface area contributed by atoms with E-state index in [4.69, 9.17) is 10.2 Å². The molecule has 0 aliphatic heterocycles. The van der Waals surface area contributed by atoms with Crippen LogP contribution in [0.3, 0.4) is 0 Å². The summed E-state index contributed by atoms with van der Waals surface area (Å²) in [5.41, 5.74) is -1.36. The maximum absolute atomic E-state index is 12.1. The predicted octanol–water partition coefficient (Wildman–Crippen LogP) is 1.14. The predicted molar refractivity (Wildman–Crippen MR) is 75.9 cm³/mol. The Balaban J connectivity index is 2.36. The van der Waals surface area contributed by atoms with Crippen molar-refractivity contribution in [3.8, 4) is 11.5 Å². The van der Waals surface area contributed by atoms with Crippen molar-refractivity contribution in [2.45, 2.75) is 0 Å². The first-order chi connectivity index (χ1) is 10.8. The van der Waals surface area contributed by atoms with Gasteiger partial charge in [0.2, 0.25) is 0 Å². The van der Waals surface area contributed by atoms with Gasteiger partial charge in [0.15, 0.2) is 0 Å². The number of carboxylic acids is 2. The van der Waals surface area contributed by atoms with Crippen LogP contribution >= 0.6 is 0 Å². The molecule has 1 aromatic carbocycles. The number of aromatic hydroxyl groups is 2. The van der Waals surface area contributed by atoms with Crippen LogP contribution in [0.5, 0.6) is 11.5 Å². The van der Waals surface area contributed by atoms with E-state index in [9.17, 15) is 24.6 Å². The monoisotopic (exact) mass is 318 g/mol. The molecule has 9 nitrogen and oxygen atoms in total. The van der Waals surface area contributed by atoms with Gasteiger partial charge in [0.05, 0.1) is 5.56 Å². The van der Waals surface area contributed by atoms with Gasteiger partial charge in [-0.25, -0.2) is 14.6 Å². The zero-order valence-corrected chi connectivity index (χ0v) is 11.3. The van der Waals surface area contributed by atoms with E-state index in [0.29, 0.717) is 0 Å². The summed E-state index contributed by atoms with van der Waals surface area (Å²) >= 11 is 0. The summed E-state index contributed by atoms with van der Waals surface area (Å²) < 4.78 is 0. The summed E-state index contributed by atoms with van der Waals surface area (Å²) in [6, 6.07) is 4.07. The number of aromatic carboxylic acids is 2. The van der Waals surface area contributed by atoms with Crippen LogP contribution in [-0.2, 0) is 0 Å². The van der Waals surface area contributed by atoms with E-state index in [1.165, 1.54) is 6.07 Å². The van der Waals surface area contributed by atoms with Crippen molar-refractivity contribution >= 4 is 23.5 Å². The average Bonchev–Trinajstić information content (AvgIpc) is 2.49. The number of amides is 1. The molecule has 0 bridgehead atoms. The smallest absolute Gasteiger partial charge is 0.354 e. The van der Waals surface area contributed by atoms with Crippen LogP contribution in [0.25, 0.3) is 0 Å². The number of pyridine rings is 1. The van der Waals surface area contributed by atoms with Gasteiger partial charge in [-0.1, -0.05) is 0 Å². The number of carbonyl (C=O) groups excluding carboxylic acids is 1. The number of hydrogen-bond acceptors (Lipinski definition) is 6. The average molecular weight is 318 g/mol. The summed E-state index contributed by atoms with van der Waals surface area (Å²) in [6.07, 6.45) is 1.16. The van der Waals surface area contributed by atoms with E-state index in [2.05, 4.69) is 10.3 Å². The standard InChI is InChI=1S/C14H10N2O7/c17-7-4-8(11(18)9(5-7)13(20)21)12(19)16-6-1-2-15-10(3-6)14(22)23/h1-5,17-18H,(H,20,21)(H,22,23)(H,15,16,19). The highest BCUT2D eigenvalue weighted by Gasteiger charge is 2.20. The van der Waals surface area contributed by atoms with Gasteiger partial charge in [0.1, 0.15) is 22.8 Å². The second-order valence-electron chi connectivity index (χ2n) is 4.38. The van der Waals surface area contributed by atoms with Crippen molar-refractivity contribution < 1.29 is 34.8 Å². The van der Waals surface area contributed by atoms with Crippen LogP contribution in [0.4, 0.5) is 5.69 Å². The minimum Gasteiger partial charge on any atom is -0.508 e. The van der Waals surface area contributed by atoms with Crippen molar-refractivity contribution in [1.29, 1.82) is 0 Å². The molecule has 1 aromatic heterocycles. The van der Waals surface area contributed by atoms with Gasteiger partial charge in [-0.15, -0.1) is 0 Å². The van der Waals surface area contributed by atoms with Gasteiger partial charge < -0.3 is 25.7 Å². The number of carbonyl (C=O) groups is 3. The second kappa shape index (κ2) is 6.02. The number of phenolic OH excluding ortho intramolecular Hbond substituents is 1. The Labute approximate surface area is 128 Å². The zero-order valence-electron chi connectivity index (χ0n) is 11.3. The highest BCUT2D eigenvalue weighted by Crippen LogP contribution is 2.28. The third-order valence-corrected chi connectivity index (χ3v) is 2.81. The highest BCUT2D eigenvalue weighted by molar-refractivity contribution is 6.09. The Morgan fingerprint density at radius 3 is 2.22 bits per heavy atom. The molecule has 0 saturated heterocycles. The number of nitrogens with one attached hydrogen (secondary N) is 1. The molecule has 0 aliphatic carbocycles. The van der Waals surface area contributed by atoms with Crippen LogP contribution < -0.4 is 5.32 Å². The van der Waals surface area contributed by atoms with Crippen LogP contribution in [0, 0.1) is 0 Å². The fourth-order valence-electron chi connectivity index (χ4n) is 1.78. The molecule has 0 fully saturated rings. The molecule has 5 N–H and O–H groups in total. The number of aromatic nitrogens is 1. The van der Waals surface area contributed by atoms with E-state index >= 15 is 0 Å². The van der Waals surface area contributed by atoms with Gasteiger partial charge in [0, 0.05) is 11.9 Å². The Morgan fingerprint density at radius 2 is 1.61 bits per heavy atom.